The summed E-state index contributed by atoms with van der Waals surface area (Å²) in [4.78, 5) is 0. The summed E-state index contributed by atoms with van der Waals surface area (Å²) in [6.45, 7) is 5.23. The van der Waals surface area contributed by atoms with Gasteiger partial charge in [-0.15, -0.1) is 24.8 Å². The van der Waals surface area contributed by atoms with Gasteiger partial charge in [-0.1, -0.05) is 121 Å². The summed E-state index contributed by atoms with van der Waals surface area (Å²) in [7, 11) is 0. The lowest BCUT2D eigenvalue weighted by Crippen LogP contribution is -2.38. The predicted molar refractivity (Wildman–Crippen MR) is 212 cm³/mol. The van der Waals surface area contributed by atoms with Gasteiger partial charge < -0.3 is 26.6 Å². The van der Waals surface area contributed by atoms with Crippen LogP contribution in [0, 0.1) is 0 Å². The molecule has 4 aromatic rings. The van der Waals surface area contributed by atoms with Gasteiger partial charge >= 0.3 is 0 Å². The van der Waals surface area contributed by atoms with Gasteiger partial charge in [0.15, 0.2) is 10.2 Å². The van der Waals surface area contributed by atoms with Crippen LogP contribution in [-0.4, -0.2) is 49.5 Å². The number of hydrogen-bond acceptors (Lipinski definition) is 3. The van der Waals surface area contributed by atoms with Crippen LogP contribution in [0.2, 0.25) is 0 Å². The Morgan fingerprint density at radius 1 is 0.404 bits per heavy atom. The van der Waals surface area contributed by atoms with E-state index in [1.807, 2.05) is 0 Å². The molecule has 0 radical (unpaired) electrons. The minimum Gasteiger partial charge on any atom is -0.363 e. The van der Waals surface area contributed by atoms with Crippen LogP contribution in [0.15, 0.2) is 121 Å². The summed E-state index contributed by atoms with van der Waals surface area (Å²) in [6, 6.07) is 42.8. The van der Waals surface area contributed by atoms with Gasteiger partial charge in [0.25, 0.3) is 0 Å². The van der Waals surface area contributed by atoms with Crippen molar-refractivity contribution in [1.29, 1.82) is 0 Å². The van der Waals surface area contributed by atoms with Crippen molar-refractivity contribution in [3.8, 4) is 0 Å². The average Bonchev–Trinajstić information content (AvgIpc) is 3.09. The van der Waals surface area contributed by atoms with E-state index in [1.54, 1.807) is 0 Å². The van der Waals surface area contributed by atoms with E-state index in [0.717, 1.165) is 75.2 Å². The van der Waals surface area contributed by atoms with Crippen LogP contribution in [0.25, 0.3) is 0 Å². The van der Waals surface area contributed by atoms with Gasteiger partial charge in [-0.2, -0.15) is 0 Å². The van der Waals surface area contributed by atoms with E-state index in [-0.39, 0.29) is 24.8 Å². The molecule has 5 nitrogen and oxygen atoms in total. The molecule has 0 amide bonds. The standard InChI is InChI=1S/C38H47N5S2.2ClH/c44-37(42-29-23-35(31-15-5-1-6-16-31)32-17-7-2-8-18-32)40-27-13-25-39-26-14-28-41-38(45)43-30-24-36(33-19-9-3-10-20-33)34-21-11-4-12-22-34;;/h1-12,15-22,35-36,39H,13-14,23-30H2,(H2,40,42,44)(H2,41,43,45);2*1H. The summed E-state index contributed by atoms with van der Waals surface area (Å²) in [5.41, 5.74) is 5.33. The quantitative estimate of drug-likeness (QED) is 0.0540. The topological polar surface area (TPSA) is 60.1 Å². The Labute approximate surface area is 304 Å². The van der Waals surface area contributed by atoms with E-state index in [2.05, 4.69) is 148 Å². The van der Waals surface area contributed by atoms with Gasteiger partial charge in [0.2, 0.25) is 0 Å². The van der Waals surface area contributed by atoms with E-state index in [1.165, 1.54) is 22.3 Å². The third-order valence-electron chi connectivity index (χ3n) is 7.88. The second-order valence-corrected chi connectivity index (χ2v) is 12.0. The second-order valence-electron chi connectivity index (χ2n) is 11.1. The third-order valence-corrected chi connectivity index (χ3v) is 8.45. The van der Waals surface area contributed by atoms with Crippen molar-refractivity contribution >= 4 is 59.5 Å². The molecule has 0 aliphatic rings. The summed E-state index contributed by atoms with van der Waals surface area (Å²) in [5, 5.41) is 18.4. The maximum Gasteiger partial charge on any atom is 0.166 e. The fraction of sp³-hybridized carbons (Fsp3) is 0.316. The Bertz CT molecular complexity index is 1200. The molecular formula is C38H49Cl2N5S2. The highest BCUT2D eigenvalue weighted by atomic mass is 35.5. The molecule has 0 heterocycles. The molecule has 0 unspecified atom stereocenters. The molecule has 4 aromatic carbocycles. The summed E-state index contributed by atoms with van der Waals surface area (Å²) in [5.74, 6) is 0.691. The first kappa shape index (κ1) is 40.0. The molecule has 0 saturated heterocycles. The number of hydrogen-bond donors (Lipinski definition) is 5. The molecule has 4 rings (SSSR count). The Kier molecular flexibility index (Phi) is 20.4. The molecule has 0 aromatic heterocycles. The molecule has 0 bridgehead atoms. The van der Waals surface area contributed by atoms with Gasteiger partial charge in [0.05, 0.1) is 0 Å². The van der Waals surface area contributed by atoms with Crippen LogP contribution in [0.3, 0.4) is 0 Å². The number of thiocarbonyl (C=S) groups is 2. The monoisotopic (exact) mass is 709 g/mol. The van der Waals surface area contributed by atoms with E-state index < -0.39 is 0 Å². The minimum atomic E-state index is 0. The van der Waals surface area contributed by atoms with Crippen molar-refractivity contribution in [3.05, 3.63) is 144 Å². The molecule has 47 heavy (non-hydrogen) atoms. The number of rotatable bonds is 18. The van der Waals surface area contributed by atoms with E-state index in [0.29, 0.717) is 11.8 Å². The smallest absolute Gasteiger partial charge is 0.166 e. The fourth-order valence-corrected chi connectivity index (χ4v) is 5.94. The molecular weight excluding hydrogens is 661 g/mol. The highest BCUT2D eigenvalue weighted by Crippen LogP contribution is 2.28. The van der Waals surface area contributed by atoms with Gasteiger partial charge in [-0.3, -0.25) is 0 Å². The molecule has 0 atom stereocenters. The van der Waals surface area contributed by atoms with Gasteiger partial charge in [-0.05, 0) is 85.5 Å². The Hall–Kier alpha value is -3.20. The van der Waals surface area contributed by atoms with Gasteiger partial charge in [-0.25, -0.2) is 0 Å². The Morgan fingerprint density at radius 2 is 0.681 bits per heavy atom. The maximum atomic E-state index is 5.52. The van der Waals surface area contributed by atoms with Crippen molar-refractivity contribution in [3.63, 3.8) is 0 Å². The summed E-state index contributed by atoms with van der Waals surface area (Å²) in [6.07, 6.45) is 3.98. The molecule has 5 N–H and O–H groups in total. The van der Waals surface area contributed by atoms with E-state index in [4.69, 9.17) is 24.4 Å². The zero-order valence-electron chi connectivity index (χ0n) is 26.9. The molecule has 0 spiro atoms. The zero-order valence-corrected chi connectivity index (χ0v) is 30.2. The third kappa shape index (κ3) is 15.1. The molecule has 9 heteroatoms. The normalized spacial score (nSPS) is 10.4. The molecule has 0 aliphatic heterocycles. The number of benzene rings is 4. The van der Waals surface area contributed by atoms with Gasteiger partial charge in [0.1, 0.15) is 0 Å². The molecule has 252 valence electrons. The summed E-state index contributed by atoms with van der Waals surface area (Å²) >= 11 is 11.0. The number of nitrogens with one attached hydrogen (secondary N) is 5. The highest BCUT2D eigenvalue weighted by molar-refractivity contribution is 7.80. The van der Waals surface area contributed by atoms with Crippen LogP contribution < -0.4 is 26.6 Å². The first-order valence-corrected chi connectivity index (χ1v) is 17.0. The van der Waals surface area contributed by atoms with Gasteiger partial charge in [0, 0.05) is 38.0 Å². The van der Waals surface area contributed by atoms with E-state index in [9.17, 15) is 0 Å². The second kappa shape index (κ2) is 24.0. The Morgan fingerprint density at radius 3 is 0.979 bits per heavy atom. The zero-order chi connectivity index (χ0) is 31.4. The lowest BCUT2D eigenvalue weighted by Gasteiger charge is -2.19. The van der Waals surface area contributed by atoms with Crippen LogP contribution in [0.1, 0.15) is 59.8 Å². The summed E-state index contributed by atoms with van der Waals surface area (Å²) < 4.78 is 0. The van der Waals surface area contributed by atoms with Crippen LogP contribution in [-0.2, 0) is 0 Å². The van der Waals surface area contributed by atoms with Crippen molar-refractivity contribution in [2.75, 3.05) is 39.3 Å². The van der Waals surface area contributed by atoms with Crippen molar-refractivity contribution < 1.29 is 0 Å². The predicted octanol–water partition coefficient (Wildman–Crippen LogP) is 7.57. The average molecular weight is 711 g/mol. The Balaban J connectivity index is 0.00000384. The SMILES string of the molecule is Cl.Cl.S=C(NCCCNCCCNC(=S)NCCC(c1ccccc1)c1ccccc1)NCCC(c1ccccc1)c1ccccc1. The lowest BCUT2D eigenvalue weighted by atomic mass is 9.88. The molecule has 0 fully saturated rings. The first-order valence-electron chi connectivity index (χ1n) is 16.1. The number of halogens is 2. The molecule has 0 aliphatic carbocycles. The largest absolute Gasteiger partial charge is 0.363 e. The fourth-order valence-electron chi connectivity index (χ4n) is 5.53. The maximum absolute atomic E-state index is 5.52. The lowest BCUT2D eigenvalue weighted by molar-refractivity contribution is 0.606. The highest BCUT2D eigenvalue weighted by Gasteiger charge is 2.14. The van der Waals surface area contributed by atoms with Crippen molar-refractivity contribution in [1.82, 2.24) is 26.6 Å². The van der Waals surface area contributed by atoms with E-state index >= 15 is 0 Å². The molecule has 0 saturated carbocycles. The van der Waals surface area contributed by atoms with Crippen LogP contribution in [0.4, 0.5) is 0 Å². The minimum absolute atomic E-state index is 0. The van der Waals surface area contributed by atoms with Crippen molar-refractivity contribution in [2.45, 2.75) is 37.5 Å². The first-order chi connectivity index (χ1) is 22.2. The van der Waals surface area contributed by atoms with Crippen LogP contribution in [0.5, 0.6) is 0 Å². The van der Waals surface area contributed by atoms with Crippen molar-refractivity contribution in [2.24, 2.45) is 0 Å². The van der Waals surface area contributed by atoms with Crippen LogP contribution >= 0.6 is 49.2 Å².